The maximum Gasteiger partial charge on any atom is 0.224 e. The van der Waals surface area contributed by atoms with E-state index in [9.17, 15) is 4.79 Å². The molecule has 1 aromatic heterocycles. The van der Waals surface area contributed by atoms with Crippen molar-refractivity contribution < 1.29 is 4.79 Å². The fourth-order valence-corrected chi connectivity index (χ4v) is 5.04. The molecule has 2 aromatic rings. The lowest BCUT2D eigenvalue weighted by molar-refractivity contribution is -0.125. The summed E-state index contributed by atoms with van der Waals surface area (Å²) in [6.45, 7) is 1.77. The summed E-state index contributed by atoms with van der Waals surface area (Å²) < 4.78 is 1.89. The van der Waals surface area contributed by atoms with Gasteiger partial charge in [-0.15, -0.1) is 10.2 Å². The highest BCUT2D eigenvalue weighted by Crippen LogP contribution is 2.44. The van der Waals surface area contributed by atoms with Gasteiger partial charge >= 0.3 is 0 Å². The lowest BCUT2D eigenvalue weighted by Crippen LogP contribution is -2.38. The zero-order valence-corrected chi connectivity index (χ0v) is 15.9. The third kappa shape index (κ3) is 3.50. The van der Waals surface area contributed by atoms with E-state index in [4.69, 9.17) is 0 Å². The van der Waals surface area contributed by atoms with Gasteiger partial charge in [0.1, 0.15) is 6.33 Å². The average molecular weight is 372 g/mol. The molecular weight excluding hydrogens is 346 g/mol. The normalized spacial score (nSPS) is 25.3. The largest absolute Gasteiger partial charge is 0.355 e. The summed E-state index contributed by atoms with van der Waals surface area (Å²) in [6.07, 6.45) is 4.95. The van der Waals surface area contributed by atoms with Crippen molar-refractivity contribution in [3.8, 4) is 0 Å². The Balaban J connectivity index is 1.33. The number of rotatable bonds is 6. The van der Waals surface area contributed by atoms with E-state index < -0.39 is 0 Å². The van der Waals surface area contributed by atoms with Crippen molar-refractivity contribution in [1.82, 2.24) is 25.0 Å². The summed E-state index contributed by atoms with van der Waals surface area (Å²) in [6, 6.07) is 11.4. The van der Waals surface area contributed by atoms with E-state index in [0.29, 0.717) is 18.6 Å². The van der Waals surface area contributed by atoms with E-state index in [1.807, 2.05) is 11.6 Å². The van der Waals surface area contributed by atoms with E-state index in [-0.39, 0.29) is 11.8 Å². The van der Waals surface area contributed by atoms with Gasteiger partial charge in [0.15, 0.2) is 5.16 Å². The van der Waals surface area contributed by atoms with Crippen molar-refractivity contribution in [3.63, 3.8) is 0 Å². The first-order valence-electron chi connectivity index (χ1n) is 9.29. The van der Waals surface area contributed by atoms with Gasteiger partial charge in [0.05, 0.1) is 5.92 Å². The van der Waals surface area contributed by atoms with Gasteiger partial charge in [0.2, 0.25) is 5.91 Å². The maximum absolute atomic E-state index is 12.8. The van der Waals surface area contributed by atoms with Crippen LogP contribution in [-0.2, 0) is 11.8 Å². The molecular formula is C19H25N5OS. The van der Waals surface area contributed by atoms with Crippen LogP contribution >= 0.6 is 11.8 Å². The Morgan fingerprint density at radius 3 is 2.96 bits per heavy atom. The van der Waals surface area contributed by atoms with Gasteiger partial charge < -0.3 is 9.88 Å². The van der Waals surface area contributed by atoms with Gasteiger partial charge in [-0.05, 0) is 31.4 Å². The van der Waals surface area contributed by atoms with Crippen LogP contribution < -0.4 is 5.32 Å². The third-order valence-electron chi connectivity index (χ3n) is 5.51. The fourth-order valence-electron chi connectivity index (χ4n) is 4.30. The van der Waals surface area contributed by atoms with Gasteiger partial charge in [0.25, 0.3) is 0 Å². The Bertz CT molecular complexity index is 749. The van der Waals surface area contributed by atoms with E-state index in [0.717, 1.165) is 30.3 Å². The van der Waals surface area contributed by atoms with Crippen molar-refractivity contribution in [2.24, 2.45) is 13.0 Å². The number of aryl methyl sites for hydroxylation is 1. The molecule has 0 spiro atoms. The van der Waals surface area contributed by atoms with Gasteiger partial charge in [-0.25, -0.2) is 0 Å². The zero-order chi connectivity index (χ0) is 17.9. The van der Waals surface area contributed by atoms with Crippen molar-refractivity contribution in [1.29, 1.82) is 0 Å². The molecule has 1 N–H and O–H groups in total. The number of aromatic nitrogens is 3. The molecule has 138 valence electrons. The first kappa shape index (κ1) is 17.5. The van der Waals surface area contributed by atoms with Crippen LogP contribution in [0.15, 0.2) is 41.8 Å². The van der Waals surface area contributed by atoms with Crippen LogP contribution in [0, 0.1) is 5.92 Å². The van der Waals surface area contributed by atoms with E-state index in [1.54, 1.807) is 18.1 Å². The maximum atomic E-state index is 12.8. The molecule has 26 heavy (non-hydrogen) atoms. The minimum atomic E-state index is 0.0996. The van der Waals surface area contributed by atoms with Gasteiger partial charge in [0, 0.05) is 31.4 Å². The Labute approximate surface area is 158 Å². The Morgan fingerprint density at radius 2 is 2.19 bits per heavy atom. The predicted molar refractivity (Wildman–Crippen MR) is 102 cm³/mol. The highest BCUT2D eigenvalue weighted by molar-refractivity contribution is 7.99. The lowest BCUT2D eigenvalue weighted by Gasteiger charge is -2.24. The van der Waals surface area contributed by atoms with Crippen molar-refractivity contribution in [3.05, 3.63) is 42.2 Å². The second-order valence-electron chi connectivity index (χ2n) is 7.08. The summed E-state index contributed by atoms with van der Waals surface area (Å²) in [7, 11) is 1.93. The SMILES string of the molecule is Cn1cnnc1SCCNC(=O)[C@@H]1C[C@H](c2ccccc2)N2CCC[C@@H]12. The van der Waals surface area contributed by atoms with E-state index in [2.05, 4.69) is 50.7 Å². The molecule has 0 radical (unpaired) electrons. The smallest absolute Gasteiger partial charge is 0.224 e. The topological polar surface area (TPSA) is 63.1 Å². The standard InChI is InChI=1S/C19H25N5OS/c1-23-13-21-22-19(23)26-11-9-20-18(25)15-12-17(14-6-3-2-4-7-14)24-10-5-8-16(15)24/h2-4,6-7,13,15-17H,5,8-12H2,1H3,(H,20,25)/t15-,16+,17-/m1/s1. The molecule has 2 saturated heterocycles. The minimum absolute atomic E-state index is 0.0996. The molecule has 0 bridgehead atoms. The first-order valence-corrected chi connectivity index (χ1v) is 10.3. The molecule has 1 aromatic carbocycles. The number of nitrogens with one attached hydrogen (secondary N) is 1. The van der Waals surface area contributed by atoms with Crippen LogP contribution in [0.5, 0.6) is 0 Å². The summed E-state index contributed by atoms with van der Waals surface area (Å²) in [5.74, 6) is 1.11. The molecule has 2 aliphatic rings. The average Bonchev–Trinajstić information content (AvgIpc) is 3.36. The Hall–Kier alpha value is -1.86. The minimum Gasteiger partial charge on any atom is -0.355 e. The third-order valence-corrected chi connectivity index (χ3v) is 6.54. The monoisotopic (exact) mass is 371 g/mol. The molecule has 0 saturated carbocycles. The number of carbonyl (C=O) groups is 1. The number of hydrogen-bond donors (Lipinski definition) is 1. The number of nitrogens with zero attached hydrogens (tertiary/aromatic N) is 4. The van der Waals surface area contributed by atoms with Crippen LogP contribution in [0.4, 0.5) is 0 Å². The fraction of sp³-hybridized carbons (Fsp3) is 0.526. The van der Waals surface area contributed by atoms with Crippen LogP contribution in [-0.4, -0.2) is 50.5 Å². The van der Waals surface area contributed by atoms with Gasteiger partial charge in [-0.3, -0.25) is 9.69 Å². The molecule has 7 heteroatoms. The van der Waals surface area contributed by atoms with E-state index in [1.165, 1.54) is 12.0 Å². The number of benzene rings is 1. The van der Waals surface area contributed by atoms with Crippen LogP contribution in [0.2, 0.25) is 0 Å². The highest BCUT2D eigenvalue weighted by atomic mass is 32.2. The molecule has 0 unspecified atom stereocenters. The predicted octanol–water partition coefficient (Wildman–Crippen LogP) is 2.25. The number of hydrogen-bond acceptors (Lipinski definition) is 5. The van der Waals surface area contributed by atoms with Gasteiger partial charge in [-0.2, -0.15) is 0 Å². The molecule has 2 fully saturated rings. The summed E-state index contributed by atoms with van der Waals surface area (Å²) in [4.78, 5) is 15.4. The van der Waals surface area contributed by atoms with Crippen LogP contribution in [0.1, 0.15) is 30.9 Å². The second-order valence-corrected chi connectivity index (χ2v) is 8.14. The quantitative estimate of drug-likeness (QED) is 0.623. The molecule has 0 aliphatic carbocycles. The molecule has 6 nitrogen and oxygen atoms in total. The van der Waals surface area contributed by atoms with Crippen molar-refractivity contribution in [2.75, 3.05) is 18.8 Å². The highest BCUT2D eigenvalue weighted by Gasteiger charge is 2.46. The van der Waals surface area contributed by atoms with Crippen molar-refractivity contribution in [2.45, 2.75) is 36.5 Å². The molecule has 3 heterocycles. The first-order chi connectivity index (χ1) is 12.7. The van der Waals surface area contributed by atoms with E-state index >= 15 is 0 Å². The molecule has 4 rings (SSSR count). The number of carbonyl (C=O) groups excluding carboxylic acids is 1. The van der Waals surface area contributed by atoms with Crippen LogP contribution in [0.25, 0.3) is 0 Å². The molecule has 3 atom stereocenters. The number of thioether (sulfide) groups is 1. The Kier molecular flexibility index (Phi) is 5.26. The molecule has 1 amide bonds. The Morgan fingerprint density at radius 1 is 1.35 bits per heavy atom. The van der Waals surface area contributed by atoms with Gasteiger partial charge in [-0.1, -0.05) is 42.1 Å². The number of amides is 1. The second kappa shape index (κ2) is 7.80. The lowest BCUT2D eigenvalue weighted by atomic mass is 9.93. The zero-order valence-electron chi connectivity index (χ0n) is 15.0. The summed E-state index contributed by atoms with van der Waals surface area (Å²) in [5.41, 5.74) is 1.34. The summed E-state index contributed by atoms with van der Waals surface area (Å²) in [5, 5.41) is 12.0. The van der Waals surface area contributed by atoms with Crippen LogP contribution in [0.3, 0.4) is 0 Å². The van der Waals surface area contributed by atoms with Crippen molar-refractivity contribution >= 4 is 17.7 Å². The number of fused-ring (bicyclic) bond motifs is 1. The summed E-state index contributed by atoms with van der Waals surface area (Å²) >= 11 is 1.62. The molecule has 2 aliphatic heterocycles.